The van der Waals surface area contributed by atoms with Gasteiger partial charge in [0, 0.05) is 19.1 Å². The number of hydrogen-bond donors (Lipinski definition) is 0. The van der Waals surface area contributed by atoms with Gasteiger partial charge in [0.05, 0.1) is 12.2 Å². The summed E-state index contributed by atoms with van der Waals surface area (Å²) in [5, 5.41) is 0. The Balaban J connectivity index is 1.89. The normalized spacial score (nSPS) is 31.5. The zero-order chi connectivity index (χ0) is 8.60. The van der Waals surface area contributed by atoms with Crippen LogP contribution >= 0.6 is 0 Å². The Morgan fingerprint density at radius 2 is 2.08 bits per heavy atom. The maximum absolute atomic E-state index is 5.67. The molecule has 0 N–H and O–H groups in total. The quantitative estimate of drug-likeness (QED) is 0.592. The molecule has 2 aliphatic rings. The molecular weight excluding hydrogens is 150 g/mol. The highest BCUT2D eigenvalue weighted by molar-refractivity contribution is 4.87. The first-order chi connectivity index (χ1) is 5.67. The van der Waals surface area contributed by atoms with Gasteiger partial charge in [-0.3, -0.25) is 4.90 Å². The van der Waals surface area contributed by atoms with Crippen LogP contribution in [0.4, 0.5) is 0 Å². The van der Waals surface area contributed by atoms with Crippen molar-refractivity contribution in [2.45, 2.75) is 44.8 Å². The summed E-state index contributed by atoms with van der Waals surface area (Å²) in [6, 6.07) is 0.883. The molecule has 1 saturated heterocycles. The molecule has 0 atom stereocenters. The monoisotopic (exact) mass is 169 g/mol. The van der Waals surface area contributed by atoms with Gasteiger partial charge in [0.25, 0.3) is 0 Å². The average Bonchev–Trinajstić information content (AvgIpc) is 1.80. The van der Waals surface area contributed by atoms with Crippen molar-refractivity contribution in [1.29, 1.82) is 0 Å². The van der Waals surface area contributed by atoms with Crippen LogP contribution in [0.5, 0.6) is 0 Å². The summed E-state index contributed by atoms with van der Waals surface area (Å²) < 4.78 is 5.67. The highest BCUT2D eigenvalue weighted by Crippen LogP contribution is 2.28. The molecule has 0 radical (unpaired) electrons. The molecule has 0 spiro atoms. The number of hydrogen-bond acceptors (Lipinski definition) is 2. The molecule has 0 amide bonds. The van der Waals surface area contributed by atoms with E-state index >= 15 is 0 Å². The van der Waals surface area contributed by atoms with E-state index in [-0.39, 0.29) is 5.60 Å². The predicted octanol–water partition coefficient (Wildman–Crippen LogP) is 1.65. The first-order valence-electron chi connectivity index (χ1n) is 5.05. The van der Waals surface area contributed by atoms with Gasteiger partial charge in [-0.15, -0.1) is 0 Å². The van der Waals surface area contributed by atoms with Crippen LogP contribution < -0.4 is 0 Å². The average molecular weight is 169 g/mol. The number of nitrogens with zero attached hydrogens (tertiary/aromatic N) is 1. The Bertz CT molecular complexity index is 163. The smallest absolute Gasteiger partial charge is 0.0753 e. The minimum Gasteiger partial charge on any atom is -0.373 e. The molecular formula is C10H19NO. The van der Waals surface area contributed by atoms with Crippen molar-refractivity contribution in [3.8, 4) is 0 Å². The van der Waals surface area contributed by atoms with E-state index in [0.717, 1.165) is 25.7 Å². The van der Waals surface area contributed by atoms with Gasteiger partial charge in [-0.1, -0.05) is 6.42 Å². The van der Waals surface area contributed by atoms with Crippen LogP contribution in [-0.4, -0.2) is 36.2 Å². The molecule has 70 valence electrons. The largest absolute Gasteiger partial charge is 0.373 e. The fourth-order valence-electron chi connectivity index (χ4n) is 2.12. The Morgan fingerprint density at radius 3 is 2.58 bits per heavy atom. The van der Waals surface area contributed by atoms with Crippen LogP contribution in [0.15, 0.2) is 0 Å². The highest BCUT2D eigenvalue weighted by Gasteiger charge is 2.33. The molecule has 2 nitrogen and oxygen atoms in total. The maximum Gasteiger partial charge on any atom is 0.0753 e. The van der Waals surface area contributed by atoms with Crippen molar-refractivity contribution >= 4 is 0 Å². The maximum atomic E-state index is 5.67. The van der Waals surface area contributed by atoms with Crippen molar-refractivity contribution < 1.29 is 4.74 Å². The lowest BCUT2D eigenvalue weighted by Crippen LogP contribution is -2.53. The second-order valence-corrected chi connectivity index (χ2v) is 4.66. The third-order valence-corrected chi connectivity index (χ3v) is 3.05. The molecule has 12 heavy (non-hydrogen) atoms. The van der Waals surface area contributed by atoms with Crippen LogP contribution in [-0.2, 0) is 4.74 Å². The Kier molecular flexibility index (Phi) is 2.13. The second-order valence-electron chi connectivity index (χ2n) is 4.66. The summed E-state index contributed by atoms with van der Waals surface area (Å²) in [5.74, 6) is 0. The van der Waals surface area contributed by atoms with E-state index in [1.807, 2.05) is 0 Å². The third-order valence-electron chi connectivity index (χ3n) is 3.05. The molecule has 1 saturated carbocycles. The first-order valence-corrected chi connectivity index (χ1v) is 5.05. The molecule has 0 bridgehead atoms. The minimum absolute atomic E-state index is 0.0911. The summed E-state index contributed by atoms with van der Waals surface area (Å²) in [5.41, 5.74) is 0.0911. The predicted molar refractivity (Wildman–Crippen MR) is 49.2 cm³/mol. The van der Waals surface area contributed by atoms with Gasteiger partial charge in [-0.2, -0.15) is 0 Å². The summed E-state index contributed by atoms with van der Waals surface area (Å²) in [6.07, 6.45) is 4.26. The Labute approximate surface area is 74.9 Å². The zero-order valence-electron chi connectivity index (χ0n) is 8.18. The molecule has 2 heteroatoms. The SMILES string of the molecule is CC1(C)CN(C2CCC2)CCO1. The van der Waals surface area contributed by atoms with E-state index < -0.39 is 0 Å². The highest BCUT2D eigenvalue weighted by atomic mass is 16.5. The van der Waals surface area contributed by atoms with Crippen molar-refractivity contribution in [3.05, 3.63) is 0 Å². The van der Waals surface area contributed by atoms with E-state index in [0.29, 0.717) is 0 Å². The summed E-state index contributed by atoms with van der Waals surface area (Å²) in [6.45, 7) is 7.57. The van der Waals surface area contributed by atoms with Crippen LogP contribution in [0.3, 0.4) is 0 Å². The fourth-order valence-corrected chi connectivity index (χ4v) is 2.12. The van der Waals surface area contributed by atoms with Gasteiger partial charge in [0.2, 0.25) is 0 Å². The molecule has 1 aliphatic carbocycles. The second kappa shape index (κ2) is 3.00. The summed E-state index contributed by atoms with van der Waals surface area (Å²) in [7, 11) is 0. The van der Waals surface area contributed by atoms with E-state index in [4.69, 9.17) is 4.74 Å². The fraction of sp³-hybridized carbons (Fsp3) is 1.00. The van der Waals surface area contributed by atoms with Gasteiger partial charge >= 0.3 is 0 Å². The molecule has 0 aromatic heterocycles. The lowest BCUT2D eigenvalue weighted by molar-refractivity contribution is -0.105. The van der Waals surface area contributed by atoms with Crippen LogP contribution in [0, 0.1) is 0 Å². The van der Waals surface area contributed by atoms with Crippen LogP contribution in [0.25, 0.3) is 0 Å². The molecule has 0 aromatic rings. The lowest BCUT2D eigenvalue weighted by atomic mass is 9.90. The number of ether oxygens (including phenoxy) is 1. The molecule has 1 aliphatic heterocycles. The summed E-state index contributed by atoms with van der Waals surface area (Å²) in [4.78, 5) is 2.60. The van der Waals surface area contributed by atoms with Crippen molar-refractivity contribution in [2.75, 3.05) is 19.7 Å². The zero-order valence-corrected chi connectivity index (χ0v) is 8.18. The van der Waals surface area contributed by atoms with Gasteiger partial charge in [-0.05, 0) is 26.7 Å². The van der Waals surface area contributed by atoms with Crippen molar-refractivity contribution in [2.24, 2.45) is 0 Å². The molecule has 0 aromatic carbocycles. The molecule has 1 heterocycles. The van der Waals surface area contributed by atoms with Gasteiger partial charge in [0.15, 0.2) is 0 Å². The molecule has 2 rings (SSSR count). The van der Waals surface area contributed by atoms with E-state index in [2.05, 4.69) is 18.7 Å². The van der Waals surface area contributed by atoms with Crippen molar-refractivity contribution in [3.63, 3.8) is 0 Å². The number of morpholine rings is 1. The van der Waals surface area contributed by atoms with Crippen LogP contribution in [0.2, 0.25) is 0 Å². The van der Waals surface area contributed by atoms with E-state index in [1.165, 1.54) is 19.3 Å². The molecule has 2 fully saturated rings. The van der Waals surface area contributed by atoms with Crippen LogP contribution in [0.1, 0.15) is 33.1 Å². The lowest BCUT2D eigenvalue weighted by Gasteiger charge is -2.45. The summed E-state index contributed by atoms with van der Waals surface area (Å²) >= 11 is 0. The number of rotatable bonds is 1. The Morgan fingerprint density at radius 1 is 1.33 bits per heavy atom. The topological polar surface area (TPSA) is 12.5 Å². The van der Waals surface area contributed by atoms with E-state index in [1.54, 1.807) is 0 Å². The van der Waals surface area contributed by atoms with E-state index in [9.17, 15) is 0 Å². The van der Waals surface area contributed by atoms with Crippen molar-refractivity contribution in [1.82, 2.24) is 4.90 Å². The molecule has 0 unspecified atom stereocenters. The standard InChI is InChI=1S/C10H19NO/c1-10(2)8-11(6-7-12-10)9-4-3-5-9/h9H,3-8H2,1-2H3. The van der Waals surface area contributed by atoms with Gasteiger partial charge < -0.3 is 4.74 Å². The minimum atomic E-state index is 0.0911. The Hall–Kier alpha value is -0.0800. The third kappa shape index (κ3) is 1.64. The first kappa shape index (κ1) is 8.52. The van der Waals surface area contributed by atoms with Gasteiger partial charge in [-0.25, -0.2) is 0 Å². The van der Waals surface area contributed by atoms with Gasteiger partial charge in [0.1, 0.15) is 0 Å².